The van der Waals surface area contributed by atoms with E-state index in [1.807, 2.05) is 19.1 Å². The number of nitrogens with one attached hydrogen (secondary N) is 1. The number of fused-ring (bicyclic) bond motifs is 3. The van der Waals surface area contributed by atoms with E-state index in [-0.39, 0.29) is 34.9 Å². The van der Waals surface area contributed by atoms with Crippen LogP contribution in [0.15, 0.2) is 132 Å². The van der Waals surface area contributed by atoms with Crippen molar-refractivity contribution in [1.82, 2.24) is 43.8 Å². The van der Waals surface area contributed by atoms with Gasteiger partial charge < -0.3 is 40.8 Å². The highest BCUT2D eigenvalue weighted by Crippen LogP contribution is 2.31. The summed E-state index contributed by atoms with van der Waals surface area (Å²) in [5.41, 5.74) is 11.1. The summed E-state index contributed by atoms with van der Waals surface area (Å²) >= 11 is 14.8. The van der Waals surface area contributed by atoms with Crippen molar-refractivity contribution in [2.45, 2.75) is 95.3 Å². The molecule has 0 radical (unpaired) electrons. The topological polar surface area (TPSA) is 228 Å². The zero-order valence-electron chi connectivity index (χ0n) is 41.3. The fourth-order valence-corrected chi connectivity index (χ4v) is 8.73. The number of anilines is 1. The minimum absolute atomic E-state index is 0.0604. The summed E-state index contributed by atoms with van der Waals surface area (Å²) in [5, 5.41) is 52.7. The zero-order chi connectivity index (χ0) is 56.1. The molecule has 0 bridgehead atoms. The summed E-state index contributed by atoms with van der Waals surface area (Å²) in [6, 6.07) is 29.4. The molecule has 2 fully saturated rings. The van der Waals surface area contributed by atoms with Gasteiger partial charge in [0.05, 0.1) is 42.2 Å². The Balaban J connectivity index is 0.000000154. The lowest BCUT2D eigenvalue weighted by Crippen LogP contribution is -2.29. The van der Waals surface area contributed by atoms with Gasteiger partial charge in [0.15, 0.2) is 16.9 Å². The van der Waals surface area contributed by atoms with Crippen molar-refractivity contribution >= 4 is 74.5 Å². The quantitative estimate of drug-likeness (QED) is 0.0645. The predicted octanol–water partition coefficient (Wildman–Crippen LogP) is 10.0. The van der Waals surface area contributed by atoms with Crippen LogP contribution in [0.4, 0.5) is 32.2 Å². The van der Waals surface area contributed by atoms with E-state index in [4.69, 9.17) is 44.1 Å². The predicted molar refractivity (Wildman–Crippen MR) is 286 cm³/mol. The molecule has 11 rings (SSSR count). The number of benzene rings is 3. The number of alkyl halides is 6. The van der Waals surface area contributed by atoms with Gasteiger partial charge in [0.25, 0.3) is 0 Å². The highest BCUT2D eigenvalue weighted by atomic mass is 79.9. The van der Waals surface area contributed by atoms with Crippen molar-refractivity contribution in [2.24, 2.45) is 5.73 Å². The number of rotatable bonds is 7. The van der Waals surface area contributed by atoms with Gasteiger partial charge in [0, 0.05) is 23.2 Å². The average Bonchev–Trinajstić information content (AvgIpc) is 4.13. The van der Waals surface area contributed by atoms with Crippen molar-refractivity contribution in [2.75, 3.05) is 5.32 Å². The second-order valence-electron chi connectivity index (χ2n) is 17.9. The third kappa shape index (κ3) is 17.7. The van der Waals surface area contributed by atoms with Crippen molar-refractivity contribution in [3.8, 4) is 34.0 Å². The number of hydrogen-bond donors (Lipinski definition) is 6. The second-order valence-corrected chi connectivity index (χ2v) is 19.5. The lowest BCUT2D eigenvalue weighted by Gasteiger charge is -2.26. The van der Waals surface area contributed by atoms with E-state index in [1.165, 1.54) is 47.1 Å². The molecule has 7 N–H and O–H groups in total. The van der Waals surface area contributed by atoms with Gasteiger partial charge in [0.1, 0.15) is 32.2 Å². The van der Waals surface area contributed by atoms with Crippen LogP contribution in [0, 0.1) is 6.92 Å². The van der Waals surface area contributed by atoms with Crippen molar-refractivity contribution in [3.05, 3.63) is 148 Å². The minimum atomic E-state index is -4.75. The van der Waals surface area contributed by atoms with E-state index < -0.39 is 19.8 Å². The zero-order valence-corrected chi connectivity index (χ0v) is 44.4. The van der Waals surface area contributed by atoms with Crippen LogP contribution < -0.4 is 26.0 Å². The highest BCUT2D eigenvalue weighted by Gasteiger charge is 2.32. The molecule has 6 aromatic heterocycles. The SMILES string of the molecule is Cc1cccc(B(O)O)c1.Clc1ccc2ncc(Br)n2n1.FC(F)(F)Oc1cccc(-c2cnc3ccc(Cl)nn23)c1.NC1CCC(O)CC1.OC1CCC(Nc2ccc3ncc(-c4cccc(OC(F)(F)F)c4)n3n2)CC1. The molecule has 3 aromatic carbocycles. The third-order valence-electron chi connectivity index (χ3n) is 11.8. The Morgan fingerprint density at radius 2 is 1.06 bits per heavy atom. The number of aryl methyl sites for hydroxylation is 1. The average molecular weight is 1190 g/mol. The standard InChI is InChI=1S/C19H19F3N4O2.C13H7ClF3N3O.C7H9BO2.C6H3BrClN3.C6H13NO/c20-19(21,22)28-15-3-1-2-12(10-15)16-11-23-18-9-8-17(25-26(16)18)24-13-4-6-14(27)7-5-13;14-11-4-5-12-18-7-10(20(12)19-11)8-2-1-3-9(6-8)21-13(15,16)17;1-6-3-2-4-7(5-6)8(9)10;7-4-3-9-6-2-1-5(8)10-11(4)6;7-5-1-3-6(8)4-2-5/h1-3,8-11,13-14,27H,4-7H2,(H,24,25);1-7H;2-5,9-10H,1H3;1-3H;5-6,8H,1-4,7H2. The fourth-order valence-electron chi connectivity index (χ4n) is 8.08. The molecule has 0 atom stereocenters. The molecule has 0 unspecified atom stereocenters. The maximum atomic E-state index is 12.5. The van der Waals surface area contributed by atoms with Gasteiger partial charge in [-0.2, -0.15) is 10.2 Å². The first-order valence-corrected chi connectivity index (χ1v) is 25.6. The van der Waals surface area contributed by atoms with Crippen molar-refractivity contribution < 1.29 is 56.1 Å². The van der Waals surface area contributed by atoms with Crippen LogP contribution in [-0.4, -0.2) is 108 Å². The Hall–Kier alpha value is -6.58. The molecule has 78 heavy (non-hydrogen) atoms. The molecule has 0 spiro atoms. The van der Waals surface area contributed by atoms with Crippen LogP contribution in [0.25, 0.3) is 39.5 Å². The molecular formula is C51H51BBrCl2F6N11O6. The fraction of sp³-hybridized carbons (Fsp3) is 0.294. The number of aliphatic hydroxyl groups excluding tert-OH is 2. The normalized spacial score (nSPS) is 17.3. The Morgan fingerprint density at radius 3 is 1.55 bits per heavy atom. The smallest absolute Gasteiger partial charge is 0.423 e. The lowest BCUT2D eigenvalue weighted by atomic mass is 9.80. The van der Waals surface area contributed by atoms with E-state index in [1.54, 1.807) is 82.1 Å². The molecule has 412 valence electrons. The van der Waals surface area contributed by atoms with E-state index in [9.17, 15) is 31.4 Å². The summed E-state index contributed by atoms with van der Waals surface area (Å²) in [6.45, 7) is 1.91. The van der Waals surface area contributed by atoms with E-state index in [0.29, 0.717) is 56.3 Å². The van der Waals surface area contributed by atoms with Gasteiger partial charge in [-0.3, -0.25) is 0 Å². The molecule has 27 heteroatoms. The Labute approximate surface area is 460 Å². The van der Waals surface area contributed by atoms with Crippen LogP contribution in [0.5, 0.6) is 11.5 Å². The third-order valence-corrected chi connectivity index (χ3v) is 12.8. The first kappa shape index (κ1) is 59.1. The number of aromatic nitrogens is 9. The highest BCUT2D eigenvalue weighted by molar-refractivity contribution is 9.10. The van der Waals surface area contributed by atoms with Crippen LogP contribution in [-0.2, 0) is 0 Å². The summed E-state index contributed by atoms with van der Waals surface area (Å²) < 4.78 is 87.6. The molecule has 0 amide bonds. The molecule has 6 heterocycles. The molecule has 2 aliphatic rings. The van der Waals surface area contributed by atoms with E-state index >= 15 is 0 Å². The molecule has 9 aromatic rings. The molecule has 2 aliphatic carbocycles. The number of nitrogens with zero attached hydrogens (tertiary/aromatic N) is 9. The number of ether oxygens (including phenoxy) is 2. The number of nitrogens with two attached hydrogens (primary N) is 1. The molecule has 17 nitrogen and oxygen atoms in total. The maximum absolute atomic E-state index is 12.5. The summed E-state index contributed by atoms with van der Waals surface area (Å²) in [7, 11) is -1.35. The molecule has 0 aliphatic heterocycles. The molecule has 0 saturated heterocycles. The number of aliphatic hydroxyl groups is 2. The van der Waals surface area contributed by atoms with Crippen LogP contribution in [0.2, 0.25) is 10.3 Å². The minimum Gasteiger partial charge on any atom is -0.423 e. The Bertz CT molecular complexity index is 3370. The summed E-state index contributed by atoms with van der Waals surface area (Å²) in [4.78, 5) is 12.4. The Morgan fingerprint density at radius 1 is 0.603 bits per heavy atom. The summed E-state index contributed by atoms with van der Waals surface area (Å²) in [6.07, 6.45) is 1.99. The monoisotopic (exact) mass is 1190 g/mol. The van der Waals surface area contributed by atoms with Gasteiger partial charge in [-0.1, -0.05) is 77.3 Å². The van der Waals surface area contributed by atoms with Gasteiger partial charge >= 0.3 is 19.8 Å². The first-order valence-electron chi connectivity index (χ1n) is 24.1. The van der Waals surface area contributed by atoms with Gasteiger partial charge in [-0.15, -0.1) is 31.4 Å². The lowest BCUT2D eigenvalue weighted by molar-refractivity contribution is -0.275. The maximum Gasteiger partial charge on any atom is 0.573 e. The van der Waals surface area contributed by atoms with Crippen LogP contribution >= 0.6 is 39.1 Å². The number of imidazole rings is 3. The van der Waals surface area contributed by atoms with Gasteiger partial charge in [-0.05, 0) is 140 Å². The van der Waals surface area contributed by atoms with Crippen LogP contribution in [0.3, 0.4) is 0 Å². The van der Waals surface area contributed by atoms with Gasteiger partial charge in [-0.25, -0.2) is 28.5 Å². The van der Waals surface area contributed by atoms with Crippen molar-refractivity contribution in [3.63, 3.8) is 0 Å². The molecule has 2 saturated carbocycles. The van der Waals surface area contributed by atoms with Gasteiger partial charge in [0.2, 0.25) is 0 Å². The van der Waals surface area contributed by atoms with E-state index in [0.717, 1.165) is 67.2 Å². The summed E-state index contributed by atoms with van der Waals surface area (Å²) in [5.74, 6) is 0.0443. The Kier molecular flexibility index (Phi) is 20.3. The van der Waals surface area contributed by atoms with Crippen molar-refractivity contribution in [1.29, 1.82) is 0 Å². The first-order chi connectivity index (χ1) is 37.0. The molecular weight excluding hydrogens is 1140 g/mol. The van der Waals surface area contributed by atoms with E-state index in [2.05, 4.69) is 61.0 Å². The van der Waals surface area contributed by atoms with Crippen LogP contribution in [0.1, 0.15) is 56.9 Å². The number of halogens is 9. The second kappa shape index (κ2) is 26.9. The largest absolute Gasteiger partial charge is 0.573 e. The number of hydrogen-bond acceptors (Lipinski definition) is 14.